The Morgan fingerprint density at radius 2 is 1.16 bits per heavy atom. The van der Waals surface area contributed by atoms with Crippen LogP contribution in [-0.2, 0) is 4.74 Å². The number of hydrogen-bond acceptors (Lipinski definition) is 5. The van der Waals surface area contributed by atoms with Crippen molar-refractivity contribution in [3.05, 3.63) is 24.8 Å². The first-order chi connectivity index (χ1) is 9.31. The summed E-state index contributed by atoms with van der Waals surface area (Å²) in [5, 5.41) is 0. The van der Waals surface area contributed by atoms with Crippen LogP contribution in [0.4, 0.5) is 0 Å². The van der Waals surface area contributed by atoms with Crippen molar-refractivity contribution in [2.45, 2.75) is 13.8 Å². The Labute approximate surface area is 116 Å². The molecule has 0 spiro atoms. The van der Waals surface area contributed by atoms with E-state index in [-0.39, 0.29) is 0 Å². The highest BCUT2D eigenvalue weighted by molar-refractivity contribution is 4.90. The molecule has 0 aromatic carbocycles. The van der Waals surface area contributed by atoms with Gasteiger partial charge >= 0.3 is 0 Å². The molecule has 2 aliphatic rings. The highest BCUT2D eigenvalue weighted by atomic mass is 16.5. The second kappa shape index (κ2) is 7.28. The maximum atomic E-state index is 5.71. The predicted octanol–water partition coefficient (Wildman–Crippen LogP) is 1.14. The summed E-state index contributed by atoms with van der Waals surface area (Å²) in [7, 11) is 0. The third-order valence-corrected chi connectivity index (χ3v) is 3.56. The van der Waals surface area contributed by atoms with Gasteiger partial charge in [0.15, 0.2) is 0 Å². The normalized spacial score (nSPS) is 18.2. The second-order valence-electron chi connectivity index (χ2n) is 4.93. The van der Waals surface area contributed by atoms with Crippen LogP contribution >= 0.6 is 0 Å². The lowest BCUT2D eigenvalue weighted by atomic mass is 10.5. The van der Waals surface area contributed by atoms with Crippen molar-refractivity contribution >= 4 is 0 Å². The molecular formula is C14H26N4O. The summed E-state index contributed by atoms with van der Waals surface area (Å²) in [4.78, 5) is 9.15. The van der Waals surface area contributed by atoms with Crippen LogP contribution in [0.2, 0.25) is 0 Å². The van der Waals surface area contributed by atoms with Gasteiger partial charge in [-0.05, 0) is 13.8 Å². The quantitative estimate of drug-likeness (QED) is 0.613. The predicted molar refractivity (Wildman–Crippen MR) is 77.0 cm³/mol. The first kappa shape index (κ1) is 14.1. The van der Waals surface area contributed by atoms with E-state index >= 15 is 0 Å². The van der Waals surface area contributed by atoms with Gasteiger partial charge in [0.05, 0.1) is 26.6 Å². The van der Waals surface area contributed by atoms with Gasteiger partial charge in [0, 0.05) is 51.0 Å². The summed E-state index contributed by atoms with van der Waals surface area (Å²) in [5.41, 5.74) is 0. The molecular weight excluding hydrogens is 240 g/mol. The Morgan fingerprint density at radius 1 is 0.737 bits per heavy atom. The van der Waals surface area contributed by atoms with Crippen molar-refractivity contribution in [2.75, 3.05) is 52.7 Å². The molecule has 19 heavy (non-hydrogen) atoms. The Kier molecular flexibility index (Phi) is 5.39. The summed E-state index contributed by atoms with van der Waals surface area (Å²) in [5.74, 6) is 0. The van der Waals surface area contributed by atoms with Crippen LogP contribution in [0.15, 0.2) is 24.8 Å². The summed E-state index contributed by atoms with van der Waals surface area (Å²) in [6.07, 6.45) is 8.59. The minimum Gasteiger partial charge on any atom is -0.378 e. The molecule has 0 radical (unpaired) electrons. The van der Waals surface area contributed by atoms with Gasteiger partial charge < -0.3 is 24.3 Å². The smallest absolute Gasteiger partial charge is 0.0894 e. The molecule has 0 bridgehead atoms. The molecule has 0 amide bonds. The molecule has 0 unspecified atom stereocenters. The van der Waals surface area contributed by atoms with Gasteiger partial charge in [0.25, 0.3) is 0 Å². The number of hydrogen-bond donors (Lipinski definition) is 0. The second-order valence-corrected chi connectivity index (χ2v) is 4.93. The molecule has 0 aromatic rings. The van der Waals surface area contributed by atoms with Gasteiger partial charge in [0.1, 0.15) is 0 Å². The molecule has 5 nitrogen and oxygen atoms in total. The van der Waals surface area contributed by atoms with Crippen molar-refractivity contribution < 1.29 is 4.74 Å². The molecule has 0 N–H and O–H groups in total. The molecule has 2 rings (SSSR count). The Hall–Kier alpha value is -1.36. The first-order valence-corrected chi connectivity index (χ1v) is 7.22. The van der Waals surface area contributed by atoms with Gasteiger partial charge in [-0.15, -0.1) is 0 Å². The molecule has 0 atom stereocenters. The van der Waals surface area contributed by atoms with E-state index in [9.17, 15) is 0 Å². The lowest BCUT2D eigenvalue weighted by molar-refractivity contribution is 0.0942. The van der Waals surface area contributed by atoms with E-state index in [0.29, 0.717) is 0 Å². The fourth-order valence-corrected chi connectivity index (χ4v) is 2.20. The summed E-state index contributed by atoms with van der Waals surface area (Å²) in [6, 6.07) is 0. The first-order valence-electron chi connectivity index (χ1n) is 7.22. The van der Waals surface area contributed by atoms with Crippen LogP contribution in [-0.4, -0.2) is 72.3 Å². The van der Waals surface area contributed by atoms with E-state index in [1.807, 2.05) is 0 Å². The van der Waals surface area contributed by atoms with Crippen molar-refractivity contribution in [1.82, 2.24) is 19.6 Å². The maximum Gasteiger partial charge on any atom is 0.0894 e. The van der Waals surface area contributed by atoms with Crippen LogP contribution in [0.5, 0.6) is 0 Å². The van der Waals surface area contributed by atoms with Crippen molar-refractivity contribution in [3.63, 3.8) is 0 Å². The Balaban J connectivity index is 1.47. The summed E-state index contributed by atoms with van der Waals surface area (Å²) >= 11 is 0. The van der Waals surface area contributed by atoms with Gasteiger partial charge in [-0.25, -0.2) is 0 Å². The van der Waals surface area contributed by atoms with Crippen molar-refractivity contribution in [2.24, 2.45) is 0 Å². The van der Waals surface area contributed by atoms with Crippen LogP contribution in [0, 0.1) is 0 Å². The van der Waals surface area contributed by atoms with Crippen LogP contribution in [0.25, 0.3) is 0 Å². The van der Waals surface area contributed by atoms with E-state index in [4.69, 9.17) is 4.74 Å². The topological polar surface area (TPSA) is 22.2 Å². The van der Waals surface area contributed by atoms with Gasteiger partial charge in [-0.3, -0.25) is 0 Å². The lowest BCUT2D eigenvalue weighted by Gasteiger charge is -2.21. The zero-order chi connectivity index (χ0) is 13.5. The zero-order valence-corrected chi connectivity index (χ0v) is 12.2. The molecule has 2 aliphatic heterocycles. The summed E-state index contributed by atoms with van der Waals surface area (Å²) in [6.45, 7) is 12.1. The molecule has 0 aromatic heterocycles. The highest BCUT2D eigenvalue weighted by Gasteiger charge is 2.11. The van der Waals surface area contributed by atoms with E-state index < -0.39 is 0 Å². The van der Waals surface area contributed by atoms with E-state index in [2.05, 4.69) is 58.2 Å². The van der Waals surface area contributed by atoms with Crippen LogP contribution in [0.3, 0.4) is 0 Å². The highest BCUT2D eigenvalue weighted by Crippen LogP contribution is 2.06. The average molecular weight is 266 g/mol. The van der Waals surface area contributed by atoms with E-state index in [1.54, 1.807) is 0 Å². The number of ether oxygens (including phenoxy) is 1. The number of rotatable bonds is 8. The summed E-state index contributed by atoms with van der Waals surface area (Å²) < 4.78 is 5.71. The molecule has 0 saturated heterocycles. The lowest BCUT2D eigenvalue weighted by Crippen LogP contribution is -2.30. The molecule has 0 saturated carbocycles. The molecule has 108 valence electrons. The third kappa shape index (κ3) is 4.35. The van der Waals surface area contributed by atoms with Gasteiger partial charge in [-0.2, -0.15) is 0 Å². The monoisotopic (exact) mass is 266 g/mol. The fraction of sp³-hybridized carbons (Fsp3) is 0.714. The van der Waals surface area contributed by atoms with Gasteiger partial charge in [0.2, 0.25) is 0 Å². The largest absolute Gasteiger partial charge is 0.378 e. The Bertz CT molecular complexity index is 289. The molecule has 5 heteroatoms. The Morgan fingerprint density at radius 3 is 1.53 bits per heavy atom. The average Bonchev–Trinajstić information content (AvgIpc) is 3.06. The molecule has 0 fully saturated rings. The SMILES string of the molecule is CCN1C=CN(CCOCCN2C=CN(CC)C2)C1. The third-order valence-electron chi connectivity index (χ3n) is 3.56. The zero-order valence-electron chi connectivity index (χ0n) is 12.2. The van der Waals surface area contributed by atoms with Crippen molar-refractivity contribution in [3.8, 4) is 0 Å². The minimum absolute atomic E-state index is 0.803. The van der Waals surface area contributed by atoms with E-state index in [0.717, 1.165) is 52.7 Å². The van der Waals surface area contributed by atoms with Crippen LogP contribution in [0.1, 0.15) is 13.8 Å². The van der Waals surface area contributed by atoms with Crippen molar-refractivity contribution in [1.29, 1.82) is 0 Å². The van der Waals surface area contributed by atoms with Crippen LogP contribution < -0.4 is 0 Å². The minimum atomic E-state index is 0.803. The maximum absolute atomic E-state index is 5.71. The molecule has 2 heterocycles. The van der Waals surface area contributed by atoms with Gasteiger partial charge in [-0.1, -0.05) is 0 Å². The van der Waals surface area contributed by atoms with E-state index in [1.165, 1.54) is 0 Å². The number of nitrogens with zero attached hydrogens (tertiary/aromatic N) is 4. The standard InChI is InChI=1S/C14H26N4O/c1-3-15-5-7-17(13-15)9-11-19-12-10-18-8-6-16(4-2)14-18/h5-8H,3-4,9-14H2,1-2H3. The molecule has 0 aliphatic carbocycles. The fourth-order valence-electron chi connectivity index (χ4n) is 2.20.